The largest absolute Gasteiger partial charge is 0.482 e. The molecule has 0 radical (unpaired) electrons. The molecule has 1 aliphatic heterocycles. The number of aromatic nitrogens is 1. The van der Waals surface area contributed by atoms with Crippen molar-refractivity contribution in [2.45, 2.75) is 6.92 Å². The van der Waals surface area contributed by atoms with Gasteiger partial charge in [0.25, 0.3) is 5.91 Å². The van der Waals surface area contributed by atoms with Gasteiger partial charge in [0, 0.05) is 22.2 Å². The van der Waals surface area contributed by atoms with E-state index in [-0.39, 0.29) is 25.0 Å². The van der Waals surface area contributed by atoms with Crippen LogP contribution in [-0.4, -0.2) is 29.9 Å². The van der Waals surface area contributed by atoms with Crippen LogP contribution in [-0.2, 0) is 9.59 Å². The smallest absolute Gasteiger partial charge is 0.265 e. The molecule has 0 spiro atoms. The Balaban J connectivity index is 1.40. The SMILES string of the molecule is Cc1ccc(NC(=O)CN2C(=O)COc3ccc(-c4csc(-c5ccccc5)n4)cc32)cc1. The number of aryl methyl sites for hydroxylation is 1. The van der Waals surface area contributed by atoms with E-state index in [1.54, 1.807) is 11.3 Å². The Hall–Kier alpha value is -3.97. The normalized spacial score (nSPS) is 12.8. The molecule has 164 valence electrons. The fourth-order valence-corrected chi connectivity index (χ4v) is 4.47. The molecule has 3 aromatic carbocycles. The highest BCUT2D eigenvalue weighted by Crippen LogP contribution is 2.37. The molecule has 0 unspecified atom stereocenters. The Kier molecular flexibility index (Phi) is 5.62. The molecule has 2 amide bonds. The number of carbonyl (C=O) groups is 2. The number of amides is 2. The minimum Gasteiger partial charge on any atom is -0.482 e. The number of ether oxygens (including phenoxy) is 1. The average Bonchev–Trinajstić information content (AvgIpc) is 3.33. The van der Waals surface area contributed by atoms with Crippen molar-refractivity contribution in [2.24, 2.45) is 0 Å². The number of rotatable bonds is 5. The third-order valence-corrected chi connectivity index (χ3v) is 6.25. The predicted molar refractivity (Wildman–Crippen MR) is 131 cm³/mol. The number of anilines is 2. The molecule has 5 rings (SSSR count). The first-order valence-corrected chi connectivity index (χ1v) is 11.4. The molecule has 6 nitrogen and oxygen atoms in total. The Morgan fingerprint density at radius 2 is 1.85 bits per heavy atom. The van der Waals surface area contributed by atoms with Crippen LogP contribution in [0.15, 0.2) is 78.2 Å². The minimum absolute atomic E-state index is 0.0982. The van der Waals surface area contributed by atoms with Crippen LogP contribution in [0, 0.1) is 6.92 Å². The first-order chi connectivity index (χ1) is 16.1. The number of hydrogen-bond acceptors (Lipinski definition) is 5. The van der Waals surface area contributed by atoms with Gasteiger partial charge in [-0.25, -0.2) is 4.98 Å². The second kappa shape index (κ2) is 8.88. The van der Waals surface area contributed by atoms with Crippen molar-refractivity contribution in [1.82, 2.24) is 4.98 Å². The summed E-state index contributed by atoms with van der Waals surface area (Å²) >= 11 is 1.56. The second-order valence-corrected chi connectivity index (χ2v) is 8.63. The first-order valence-electron chi connectivity index (χ1n) is 10.5. The molecule has 1 N–H and O–H groups in total. The van der Waals surface area contributed by atoms with E-state index in [4.69, 9.17) is 9.72 Å². The van der Waals surface area contributed by atoms with Crippen LogP contribution in [0.25, 0.3) is 21.8 Å². The van der Waals surface area contributed by atoms with E-state index in [9.17, 15) is 9.59 Å². The van der Waals surface area contributed by atoms with Gasteiger partial charge in [-0.3, -0.25) is 14.5 Å². The number of nitrogens with one attached hydrogen (secondary N) is 1. The molecule has 0 fully saturated rings. The number of carbonyl (C=O) groups excluding carboxylic acids is 2. The Morgan fingerprint density at radius 1 is 1.06 bits per heavy atom. The highest BCUT2D eigenvalue weighted by Gasteiger charge is 2.28. The topological polar surface area (TPSA) is 71.5 Å². The van der Waals surface area contributed by atoms with Gasteiger partial charge in [0.1, 0.15) is 17.3 Å². The summed E-state index contributed by atoms with van der Waals surface area (Å²) in [6, 6.07) is 23.1. The molecular formula is C26H21N3O3S. The van der Waals surface area contributed by atoms with Gasteiger partial charge in [-0.05, 0) is 37.3 Å². The lowest BCUT2D eigenvalue weighted by molar-refractivity contribution is -0.123. The van der Waals surface area contributed by atoms with Crippen LogP contribution in [0.3, 0.4) is 0 Å². The molecule has 1 aromatic heterocycles. The number of hydrogen-bond donors (Lipinski definition) is 1. The van der Waals surface area contributed by atoms with Crippen LogP contribution in [0.1, 0.15) is 5.56 Å². The van der Waals surface area contributed by atoms with Crippen molar-refractivity contribution in [2.75, 3.05) is 23.4 Å². The molecule has 0 saturated carbocycles. The molecule has 0 bridgehead atoms. The zero-order valence-electron chi connectivity index (χ0n) is 17.9. The standard InChI is InChI=1S/C26H21N3O3S/c1-17-7-10-20(11-8-17)27-24(30)14-29-22-13-19(9-12-23(22)32-15-25(29)31)21-16-33-26(28-21)18-5-3-2-4-6-18/h2-13,16H,14-15H2,1H3,(H,27,30). The lowest BCUT2D eigenvalue weighted by Gasteiger charge is -2.29. The monoisotopic (exact) mass is 455 g/mol. The Morgan fingerprint density at radius 3 is 2.64 bits per heavy atom. The van der Waals surface area contributed by atoms with Gasteiger partial charge in [0.05, 0.1) is 11.4 Å². The summed E-state index contributed by atoms with van der Waals surface area (Å²) < 4.78 is 5.60. The molecular weight excluding hydrogens is 434 g/mol. The van der Waals surface area contributed by atoms with E-state index >= 15 is 0 Å². The van der Waals surface area contributed by atoms with Crippen LogP contribution >= 0.6 is 11.3 Å². The van der Waals surface area contributed by atoms with Crippen LogP contribution in [0.2, 0.25) is 0 Å². The summed E-state index contributed by atoms with van der Waals surface area (Å²) in [6.45, 7) is 1.79. The van der Waals surface area contributed by atoms with Gasteiger partial charge in [0.15, 0.2) is 6.61 Å². The fourth-order valence-electron chi connectivity index (χ4n) is 3.64. The van der Waals surface area contributed by atoms with Crippen LogP contribution in [0.5, 0.6) is 5.75 Å². The number of fused-ring (bicyclic) bond motifs is 1. The highest BCUT2D eigenvalue weighted by molar-refractivity contribution is 7.13. The average molecular weight is 456 g/mol. The quantitative estimate of drug-likeness (QED) is 0.452. The fraction of sp³-hybridized carbons (Fsp3) is 0.115. The van der Waals surface area contributed by atoms with E-state index < -0.39 is 0 Å². The molecule has 1 aliphatic rings. The molecule has 0 aliphatic carbocycles. The molecule has 2 heterocycles. The molecule has 33 heavy (non-hydrogen) atoms. The minimum atomic E-state index is -0.273. The van der Waals surface area contributed by atoms with Gasteiger partial charge in [0.2, 0.25) is 5.91 Å². The third-order valence-electron chi connectivity index (χ3n) is 5.36. The van der Waals surface area contributed by atoms with Gasteiger partial charge in [-0.2, -0.15) is 0 Å². The van der Waals surface area contributed by atoms with Gasteiger partial charge in [-0.15, -0.1) is 11.3 Å². The number of nitrogens with zero attached hydrogens (tertiary/aromatic N) is 2. The summed E-state index contributed by atoms with van der Waals surface area (Å²) in [7, 11) is 0. The lowest BCUT2D eigenvalue weighted by atomic mass is 10.1. The van der Waals surface area contributed by atoms with Crippen molar-refractivity contribution < 1.29 is 14.3 Å². The summed E-state index contributed by atoms with van der Waals surface area (Å²) in [6.07, 6.45) is 0. The third kappa shape index (κ3) is 4.49. The van der Waals surface area contributed by atoms with E-state index in [1.165, 1.54) is 4.90 Å². The number of benzene rings is 3. The molecule has 0 atom stereocenters. The maximum atomic E-state index is 12.7. The summed E-state index contributed by atoms with van der Waals surface area (Å²) in [5, 5.41) is 5.76. The van der Waals surface area contributed by atoms with Gasteiger partial charge < -0.3 is 10.1 Å². The second-order valence-electron chi connectivity index (χ2n) is 7.77. The maximum Gasteiger partial charge on any atom is 0.265 e. The first kappa shape index (κ1) is 20.9. The van der Waals surface area contributed by atoms with E-state index in [2.05, 4.69) is 5.32 Å². The number of thiazole rings is 1. The van der Waals surface area contributed by atoms with Crippen molar-refractivity contribution in [3.63, 3.8) is 0 Å². The molecule has 4 aromatic rings. The Bertz CT molecular complexity index is 1320. The van der Waals surface area contributed by atoms with Crippen molar-refractivity contribution in [1.29, 1.82) is 0 Å². The van der Waals surface area contributed by atoms with Crippen LogP contribution < -0.4 is 15.0 Å². The summed E-state index contributed by atoms with van der Waals surface area (Å²) in [5.74, 6) is 0.0347. The van der Waals surface area contributed by atoms with E-state index in [0.717, 1.165) is 27.4 Å². The van der Waals surface area contributed by atoms with E-state index in [0.29, 0.717) is 17.1 Å². The van der Waals surface area contributed by atoms with Crippen molar-refractivity contribution >= 4 is 34.5 Å². The summed E-state index contributed by atoms with van der Waals surface area (Å²) in [4.78, 5) is 31.5. The van der Waals surface area contributed by atoms with Gasteiger partial charge in [-0.1, -0.05) is 48.0 Å². The van der Waals surface area contributed by atoms with Crippen LogP contribution in [0.4, 0.5) is 11.4 Å². The zero-order chi connectivity index (χ0) is 22.8. The maximum absolute atomic E-state index is 12.7. The van der Waals surface area contributed by atoms with Crippen molar-refractivity contribution in [3.05, 3.63) is 83.7 Å². The summed E-state index contributed by atoms with van der Waals surface area (Å²) in [5.41, 5.74) is 5.08. The predicted octanol–water partition coefficient (Wildman–Crippen LogP) is 5.15. The lowest BCUT2D eigenvalue weighted by Crippen LogP contribution is -2.43. The molecule has 0 saturated heterocycles. The van der Waals surface area contributed by atoms with Crippen molar-refractivity contribution in [3.8, 4) is 27.6 Å². The Labute approximate surface area is 195 Å². The zero-order valence-corrected chi connectivity index (χ0v) is 18.8. The van der Waals surface area contributed by atoms with E-state index in [1.807, 2.05) is 85.1 Å². The van der Waals surface area contributed by atoms with Gasteiger partial charge >= 0.3 is 0 Å². The highest BCUT2D eigenvalue weighted by atomic mass is 32.1. The molecule has 7 heteroatoms.